The summed E-state index contributed by atoms with van der Waals surface area (Å²) in [6.07, 6.45) is 0.880. The number of hydrogen-bond acceptors (Lipinski definition) is 7. The number of carbonyl (C=O) groups excluding carboxylic acids is 1. The summed E-state index contributed by atoms with van der Waals surface area (Å²) in [6.45, 7) is 1.87. The lowest BCUT2D eigenvalue weighted by Gasteiger charge is -2.03. The Morgan fingerprint density at radius 1 is 1.47 bits per heavy atom. The smallest absolute Gasteiger partial charge is 0.227 e. The highest BCUT2D eigenvalue weighted by atomic mass is 32.2. The third-order valence-corrected chi connectivity index (χ3v) is 3.83. The minimum absolute atomic E-state index is 0.0296. The lowest BCUT2D eigenvalue weighted by atomic mass is 10.4. The van der Waals surface area contributed by atoms with Crippen molar-refractivity contribution in [1.82, 2.24) is 14.9 Å². The number of amides is 1. The van der Waals surface area contributed by atoms with Crippen molar-refractivity contribution in [3.05, 3.63) is 5.01 Å². The van der Waals surface area contributed by atoms with Crippen LogP contribution >= 0.6 is 11.3 Å². The first-order valence-corrected chi connectivity index (χ1v) is 8.13. The Labute approximate surface area is 115 Å². The van der Waals surface area contributed by atoms with Crippen molar-refractivity contribution < 1.29 is 17.9 Å². The molecule has 0 bridgehead atoms. The molecule has 10 heteroatoms. The molecule has 0 saturated carbocycles. The maximum atomic E-state index is 11.5. The molecule has 0 fully saturated rings. The van der Waals surface area contributed by atoms with E-state index in [4.69, 9.17) is 4.74 Å². The Bertz CT molecular complexity index is 528. The zero-order chi connectivity index (χ0) is 14.5. The summed E-state index contributed by atoms with van der Waals surface area (Å²) in [5.74, 6) is -0.330. The van der Waals surface area contributed by atoms with Crippen LogP contribution in [0.3, 0.4) is 0 Å². The van der Waals surface area contributed by atoms with E-state index < -0.39 is 10.0 Å². The summed E-state index contributed by atoms with van der Waals surface area (Å²) in [6, 6.07) is 0. The Hall–Kier alpha value is -1.10. The molecule has 1 aromatic rings. The number of aromatic nitrogens is 2. The molecule has 108 valence electrons. The zero-order valence-corrected chi connectivity index (χ0v) is 12.5. The van der Waals surface area contributed by atoms with Crippen molar-refractivity contribution in [3.8, 4) is 0 Å². The first-order chi connectivity index (χ1) is 8.81. The van der Waals surface area contributed by atoms with Crippen molar-refractivity contribution >= 4 is 32.4 Å². The number of carbonyl (C=O) groups is 1. The molecule has 1 rings (SSSR count). The van der Waals surface area contributed by atoms with Gasteiger partial charge in [0, 0.05) is 20.1 Å². The Morgan fingerprint density at radius 2 is 2.16 bits per heavy atom. The number of anilines is 1. The first kappa shape index (κ1) is 16.0. The standard InChI is InChI=1S/C9H16N4O4S2/c1-6(17-2)8-12-13-9(18-8)11-7(14)4-5-10-19(3,15)16/h6,10H,4-5H2,1-3H3,(H,11,13,14). The molecule has 0 aliphatic carbocycles. The third kappa shape index (κ3) is 6.05. The fraction of sp³-hybridized carbons (Fsp3) is 0.667. The maximum absolute atomic E-state index is 11.5. The van der Waals surface area contributed by atoms with E-state index in [1.807, 2.05) is 6.92 Å². The van der Waals surface area contributed by atoms with Crippen LogP contribution in [0.4, 0.5) is 5.13 Å². The number of nitrogens with one attached hydrogen (secondary N) is 2. The van der Waals surface area contributed by atoms with Gasteiger partial charge >= 0.3 is 0 Å². The van der Waals surface area contributed by atoms with E-state index in [0.717, 1.165) is 6.26 Å². The summed E-state index contributed by atoms with van der Waals surface area (Å²) in [5, 5.41) is 11.2. The van der Waals surface area contributed by atoms with Crippen molar-refractivity contribution in [1.29, 1.82) is 0 Å². The van der Waals surface area contributed by atoms with Gasteiger partial charge in [0.25, 0.3) is 0 Å². The van der Waals surface area contributed by atoms with E-state index in [1.165, 1.54) is 11.3 Å². The van der Waals surface area contributed by atoms with Crippen LogP contribution in [0.5, 0.6) is 0 Å². The van der Waals surface area contributed by atoms with Crippen molar-refractivity contribution in [3.63, 3.8) is 0 Å². The monoisotopic (exact) mass is 308 g/mol. The second-order valence-electron chi connectivity index (χ2n) is 3.79. The Kier molecular flexibility index (Phi) is 5.79. The van der Waals surface area contributed by atoms with Gasteiger partial charge in [0.05, 0.1) is 6.26 Å². The van der Waals surface area contributed by atoms with Gasteiger partial charge in [-0.15, -0.1) is 10.2 Å². The third-order valence-electron chi connectivity index (χ3n) is 2.10. The fourth-order valence-corrected chi connectivity index (χ4v) is 2.34. The summed E-state index contributed by atoms with van der Waals surface area (Å²) >= 11 is 1.22. The molecule has 0 spiro atoms. The largest absolute Gasteiger partial charge is 0.374 e. The molecule has 1 amide bonds. The fourth-order valence-electron chi connectivity index (χ4n) is 1.08. The average molecular weight is 308 g/mol. The molecule has 1 heterocycles. The van der Waals surface area contributed by atoms with E-state index in [1.54, 1.807) is 7.11 Å². The van der Waals surface area contributed by atoms with E-state index >= 15 is 0 Å². The van der Waals surface area contributed by atoms with Gasteiger partial charge in [-0.05, 0) is 6.92 Å². The van der Waals surface area contributed by atoms with Crippen molar-refractivity contribution in [2.24, 2.45) is 0 Å². The minimum atomic E-state index is -3.28. The first-order valence-electron chi connectivity index (χ1n) is 5.42. The number of nitrogens with zero attached hydrogens (tertiary/aromatic N) is 2. The molecular formula is C9H16N4O4S2. The average Bonchev–Trinajstić information content (AvgIpc) is 2.74. The second kappa shape index (κ2) is 6.89. The zero-order valence-electron chi connectivity index (χ0n) is 10.8. The molecule has 0 aromatic carbocycles. The van der Waals surface area contributed by atoms with Crippen LogP contribution in [0, 0.1) is 0 Å². The second-order valence-corrected chi connectivity index (χ2v) is 6.63. The molecular weight excluding hydrogens is 292 g/mol. The molecule has 0 aliphatic rings. The predicted molar refractivity (Wildman–Crippen MR) is 71.4 cm³/mol. The van der Waals surface area contributed by atoms with Gasteiger partial charge in [0.15, 0.2) is 0 Å². The van der Waals surface area contributed by atoms with Crippen LogP contribution < -0.4 is 10.0 Å². The number of ether oxygens (including phenoxy) is 1. The summed E-state index contributed by atoms with van der Waals surface area (Å²) < 4.78 is 28.9. The summed E-state index contributed by atoms with van der Waals surface area (Å²) in [5.41, 5.74) is 0. The number of sulfonamides is 1. The molecule has 0 radical (unpaired) electrons. The van der Waals surface area contributed by atoms with Gasteiger partial charge in [-0.25, -0.2) is 13.1 Å². The quantitative estimate of drug-likeness (QED) is 0.740. The van der Waals surface area contributed by atoms with Gasteiger partial charge in [0.2, 0.25) is 21.1 Å². The van der Waals surface area contributed by atoms with Gasteiger partial charge in [0.1, 0.15) is 11.1 Å². The van der Waals surface area contributed by atoms with Gasteiger partial charge in [-0.3, -0.25) is 4.79 Å². The topological polar surface area (TPSA) is 110 Å². The molecule has 0 aliphatic heterocycles. The normalized spacial score (nSPS) is 13.2. The highest BCUT2D eigenvalue weighted by Crippen LogP contribution is 2.23. The van der Waals surface area contributed by atoms with E-state index in [9.17, 15) is 13.2 Å². The van der Waals surface area contributed by atoms with E-state index in [-0.39, 0.29) is 25.0 Å². The molecule has 8 nitrogen and oxygen atoms in total. The number of rotatable bonds is 7. The van der Waals surface area contributed by atoms with Crippen LogP contribution in [0.1, 0.15) is 24.5 Å². The van der Waals surface area contributed by atoms with E-state index in [0.29, 0.717) is 10.1 Å². The summed E-state index contributed by atoms with van der Waals surface area (Å²) in [7, 11) is -1.72. The highest BCUT2D eigenvalue weighted by molar-refractivity contribution is 7.88. The molecule has 19 heavy (non-hydrogen) atoms. The van der Waals surface area contributed by atoms with Crippen LogP contribution in [-0.2, 0) is 19.6 Å². The van der Waals surface area contributed by atoms with Crippen LogP contribution in [0.15, 0.2) is 0 Å². The molecule has 1 unspecified atom stereocenters. The van der Waals surface area contributed by atoms with Crippen LogP contribution in [-0.4, -0.2) is 44.4 Å². The van der Waals surface area contributed by atoms with Crippen molar-refractivity contribution in [2.75, 3.05) is 25.2 Å². The maximum Gasteiger partial charge on any atom is 0.227 e. The van der Waals surface area contributed by atoms with Gasteiger partial charge in [-0.1, -0.05) is 11.3 Å². The molecule has 2 N–H and O–H groups in total. The van der Waals surface area contributed by atoms with E-state index in [2.05, 4.69) is 20.2 Å². The SMILES string of the molecule is COC(C)c1nnc(NC(=O)CCNS(C)(=O)=O)s1. The highest BCUT2D eigenvalue weighted by Gasteiger charge is 2.13. The van der Waals surface area contributed by atoms with Crippen molar-refractivity contribution in [2.45, 2.75) is 19.4 Å². The Morgan fingerprint density at radius 3 is 2.74 bits per heavy atom. The predicted octanol–water partition coefficient (Wildman–Crippen LogP) is 0.123. The number of hydrogen-bond donors (Lipinski definition) is 2. The number of methoxy groups -OCH3 is 1. The van der Waals surface area contributed by atoms with Crippen LogP contribution in [0.2, 0.25) is 0 Å². The van der Waals surface area contributed by atoms with Gasteiger partial charge in [-0.2, -0.15) is 0 Å². The minimum Gasteiger partial charge on any atom is -0.374 e. The summed E-state index contributed by atoms with van der Waals surface area (Å²) in [4.78, 5) is 11.5. The Balaban J connectivity index is 2.42. The van der Waals surface area contributed by atoms with Crippen LogP contribution in [0.25, 0.3) is 0 Å². The molecule has 0 saturated heterocycles. The molecule has 1 atom stereocenters. The molecule has 1 aromatic heterocycles. The lowest BCUT2D eigenvalue weighted by molar-refractivity contribution is -0.116. The van der Waals surface area contributed by atoms with Gasteiger partial charge < -0.3 is 10.1 Å². The lowest BCUT2D eigenvalue weighted by Crippen LogP contribution is -2.26.